The summed E-state index contributed by atoms with van der Waals surface area (Å²) in [4.78, 5) is 5.09. The van der Waals surface area contributed by atoms with Crippen LogP contribution in [0.3, 0.4) is 0 Å². The smallest absolute Gasteiger partial charge is 0.162 e. The zero-order valence-electron chi connectivity index (χ0n) is 5.78. The van der Waals surface area contributed by atoms with E-state index in [-0.39, 0.29) is 12.4 Å². The van der Waals surface area contributed by atoms with Gasteiger partial charge >= 0.3 is 0 Å². The van der Waals surface area contributed by atoms with Crippen molar-refractivity contribution in [2.45, 2.75) is 0 Å². The molecule has 1 N–H and O–H groups in total. The summed E-state index contributed by atoms with van der Waals surface area (Å²) in [6.07, 6.45) is 3.74. The third-order valence-electron chi connectivity index (χ3n) is 1.42. The van der Waals surface area contributed by atoms with E-state index in [4.69, 9.17) is 4.84 Å². The molecule has 0 aliphatic carbocycles. The number of para-hydroxylation sites is 1. The second kappa shape index (κ2) is 3.30. The van der Waals surface area contributed by atoms with Gasteiger partial charge in [-0.1, -0.05) is 18.2 Å². The van der Waals surface area contributed by atoms with Crippen molar-refractivity contribution in [1.29, 1.82) is 0 Å². The van der Waals surface area contributed by atoms with E-state index >= 15 is 0 Å². The molecule has 3 heteroatoms. The first-order chi connectivity index (χ1) is 4.97. The van der Waals surface area contributed by atoms with Crippen molar-refractivity contribution in [2.75, 3.05) is 0 Å². The lowest BCUT2D eigenvalue weighted by atomic mass is 10.2. The van der Waals surface area contributed by atoms with Gasteiger partial charge in [0.2, 0.25) is 0 Å². The molecule has 0 fully saturated rings. The number of benzene rings is 1. The van der Waals surface area contributed by atoms with Gasteiger partial charge in [0.25, 0.3) is 0 Å². The summed E-state index contributed by atoms with van der Waals surface area (Å²) in [5.74, 6) is 0.880. The molecule has 0 saturated carbocycles. The Morgan fingerprint density at radius 3 is 2.82 bits per heavy atom. The summed E-state index contributed by atoms with van der Waals surface area (Å²) in [6.45, 7) is 0. The molecule has 0 spiro atoms. The van der Waals surface area contributed by atoms with Crippen LogP contribution in [-0.4, -0.2) is 0 Å². The minimum Gasteiger partial charge on any atom is -0.382 e. The fourth-order valence-corrected chi connectivity index (χ4v) is 0.932. The highest BCUT2D eigenvalue weighted by Crippen LogP contribution is 2.20. The van der Waals surface area contributed by atoms with Crippen molar-refractivity contribution in [3.8, 4) is 5.75 Å². The third-order valence-corrected chi connectivity index (χ3v) is 1.42. The topological polar surface area (TPSA) is 21.3 Å². The number of halogens is 1. The molecule has 11 heavy (non-hydrogen) atoms. The molecule has 2 nitrogen and oxygen atoms in total. The minimum absolute atomic E-state index is 0. The van der Waals surface area contributed by atoms with E-state index < -0.39 is 0 Å². The molecule has 0 saturated heterocycles. The quantitative estimate of drug-likeness (QED) is 0.641. The highest BCUT2D eigenvalue weighted by molar-refractivity contribution is 5.85. The fourth-order valence-electron chi connectivity index (χ4n) is 0.932. The van der Waals surface area contributed by atoms with E-state index in [0.717, 1.165) is 11.3 Å². The van der Waals surface area contributed by atoms with Gasteiger partial charge in [-0.3, -0.25) is 0 Å². The van der Waals surface area contributed by atoms with Crippen molar-refractivity contribution in [3.05, 3.63) is 36.0 Å². The number of hydrogen-bond acceptors (Lipinski definition) is 2. The molecule has 2 rings (SSSR count). The summed E-state index contributed by atoms with van der Waals surface area (Å²) in [5.41, 5.74) is 3.77. The molecule has 1 aliphatic rings. The predicted molar refractivity (Wildman–Crippen MR) is 46.5 cm³/mol. The average Bonchev–Trinajstić information content (AvgIpc) is 2.05. The van der Waals surface area contributed by atoms with Crippen molar-refractivity contribution in [1.82, 2.24) is 5.48 Å². The largest absolute Gasteiger partial charge is 0.382 e. The molecule has 1 aromatic carbocycles. The van der Waals surface area contributed by atoms with Gasteiger partial charge in [0.15, 0.2) is 5.75 Å². The van der Waals surface area contributed by atoms with Gasteiger partial charge in [-0.2, -0.15) is 0 Å². The third kappa shape index (κ3) is 1.46. The van der Waals surface area contributed by atoms with Gasteiger partial charge < -0.3 is 4.84 Å². The number of hydroxylamine groups is 1. The van der Waals surface area contributed by atoms with Crippen molar-refractivity contribution in [3.63, 3.8) is 0 Å². The van der Waals surface area contributed by atoms with Crippen LogP contribution in [0.5, 0.6) is 5.75 Å². The maximum absolute atomic E-state index is 5.09. The van der Waals surface area contributed by atoms with Gasteiger partial charge in [-0.05, 0) is 12.1 Å². The molecule has 0 amide bonds. The molecule has 58 valence electrons. The number of fused-ring (bicyclic) bond motifs is 1. The van der Waals surface area contributed by atoms with Crippen LogP contribution in [0, 0.1) is 0 Å². The van der Waals surface area contributed by atoms with Crippen LogP contribution < -0.4 is 10.3 Å². The van der Waals surface area contributed by atoms with Crippen LogP contribution in [0.15, 0.2) is 30.5 Å². The molecule has 1 heterocycles. The molecule has 0 atom stereocenters. The first-order valence-electron chi connectivity index (χ1n) is 3.15. The van der Waals surface area contributed by atoms with E-state index in [2.05, 4.69) is 5.48 Å². The molecule has 0 unspecified atom stereocenters. The summed E-state index contributed by atoms with van der Waals surface area (Å²) < 4.78 is 0. The van der Waals surface area contributed by atoms with Crippen molar-refractivity contribution >= 4 is 18.5 Å². The molecule has 0 bridgehead atoms. The molecular weight excluding hydrogens is 162 g/mol. The summed E-state index contributed by atoms with van der Waals surface area (Å²) in [5, 5.41) is 0. The number of rotatable bonds is 0. The Kier molecular flexibility index (Phi) is 2.39. The second-order valence-corrected chi connectivity index (χ2v) is 2.09. The maximum atomic E-state index is 5.09. The minimum atomic E-state index is 0. The van der Waals surface area contributed by atoms with E-state index in [1.165, 1.54) is 0 Å². The Balaban J connectivity index is 0.000000605. The zero-order valence-corrected chi connectivity index (χ0v) is 6.60. The Morgan fingerprint density at radius 1 is 1.18 bits per heavy atom. The molecule has 1 aromatic rings. The van der Waals surface area contributed by atoms with Gasteiger partial charge in [-0.15, -0.1) is 12.4 Å². The number of hydrogen-bond donors (Lipinski definition) is 1. The van der Waals surface area contributed by atoms with E-state index in [1.54, 1.807) is 6.20 Å². The van der Waals surface area contributed by atoms with Crippen LogP contribution in [0.1, 0.15) is 5.56 Å². The maximum Gasteiger partial charge on any atom is 0.162 e. The van der Waals surface area contributed by atoms with Crippen LogP contribution in [-0.2, 0) is 0 Å². The van der Waals surface area contributed by atoms with Crippen LogP contribution in [0.25, 0.3) is 6.08 Å². The first-order valence-corrected chi connectivity index (χ1v) is 3.15. The summed E-state index contributed by atoms with van der Waals surface area (Å²) >= 11 is 0. The SMILES string of the molecule is C1=Cc2ccccc2ON1.Cl. The van der Waals surface area contributed by atoms with Gasteiger partial charge in [0.05, 0.1) is 0 Å². The zero-order chi connectivity index (χ0) is 6.81. The lowest BCUT2D eigenvalue weighted by Crippen LogP contribution is -2.13. The fraction of sp³-hybridized carbons (Fsp3) is 0. The Bertz CT molecular complexity index is 273. The van der Waals surface area contributed by atoms with Crippen LogP contribution in [0.4, 0.5) is 0 Å². The molecule has 1 aliphatic heterocycles. The summed E-state index contributed by atoms with van der Waals surface area (Å²) in [6, 6.07) is 7.86. The molecule has 0 radical (unpaired) electrons. The Labute approximate surface area is 71.2 Å². The standard InChI is InChI=1S/C8H7NO.ClH/c1-2-4-8-7(3-1)5-6-9-10-8;/h1-6,9H;1H. The average molecular weight is 170 g/mol. The van der Waals surface area contributed by atoms with Crippen molar-refractivity contribution < 1.29 is 4.84 Å². The lowest BCUT2D eigenvalue weighted by Gasteiger charge is -2.11. The number of nitrogens with one attached hydrogen (secondary N) is 1. The van der Waals surface area contributed by atoms with Gasteiger partial charge in [0, 0.05) is 11.8 Å². The predicted octanol–water partition coefficient (Wildman–Crippen LogP) is 1.98. The van der Waals surface area contributed by atoms with Crippen LogP contribution >= 0.6 is 12.4 Å². The van der Waals surface area contributed by atoms with Crippen molar-refractivity contribution in [2.24, 2.45) is 0 Å². The first kappa shape index (κ1) is 7.95. The Morgan fingerprint density at radius 2 is 2.00 bits per heavy atom. The van der Waals surface area contributed by atoms with E-state index in [1.807, 2.05) is 30.3 Å². The lowest BCUT2D eigenvalue weighted by molar-refractivity contribution is 0.239. The Hall–Kier alpha value is -1.15. The van der Waals surface area contributed by atoms with Crippen LogP contribution in [0.2, 0.25) is 0 Å². The van der Waals surface area contributed by atoms with Gasteiger partial charge in [0.1, 0.15) is 0 Å². The van der Waals surface area contributed by atoms with E-state index in [9.17, 15) is 0 Å². The highest BCUT2D eigenvalue weighted by Gasteiger charge is 2.01. The monoisotopic (exact) mass is 169 g/mol. The normalized spacial score (nSPS) is 12.0. The van der Waals surface area contributed by atoms with E-state index in [0.29, 0.717) is 0 Å². The molecular formula is C8H8ClNO. The second-order valence-electron chi connectivity index (χ2n) is 2.09. The highest BCUT2D eigenvalue weighted by atomic mass is 35.5. The summed E-state index contributed by atoms with van der Waals surface area (Å²) in [7, 11) is 0. The molecule has 0 aromatic heterocycles. The van der Waals surface area contributed by atoms with Gasteiger partial charge in [-0.25, -0.2) is 5.48 Å².